The zero-order valence-electron chi connectivity index (χ0n) is 14.7. The van der Waals surface area contributed by atoms with Crippen molar-refractivity contribution in [2.45, 2.75) is 61.4 Å². The Morgan fingerprint density at radius 3 is 2.00 bits per heavy atom. The van der Waals surface area contributed by atoms with Crippen molar-refractivity contribution >= 4 is 10.9 Å². The minimum atomic E-state index is 0.915. The van der Waals surface area contributed by atoms with Crippen molar-refractivity contribution in [3.8, 4) is 0 Å². The summed E-state index contributed by atoms with van der Waals surface area (Å²) in [5, 5.41) is 4.55. The number of hydrogen-bond donors (Lipinski definition) is 2. The van der Waals surface area contributed by atoms with Crippen LogP contribution in [0.25, 0.3) is 10.9 Å². The van der Waals surface area contributed by atoms with Gasteiger partial charge in [0.15, 0.2) is 0 Å². The Balaban J connectivity index is 0. The van der Waals surface area contributed by atoms with E-state index in [1.165, 1.54) is 22.2 Å². The maximum atomic E-state index is 3.45. The lowest BCUT2D eigenvalue weighted by molar-refractivity contribution is 0.788. The summed E-state index contributed by atoms with van der Waals surface area (Å²) in [4.78, 5) is 3.45. The van der Waals surface area contributed by atoms with E-state index in [0.29, 0.717) is 0 Å². The maximum absolute atomic E-state index is 3.45. The number of benzene rings is 1. The number of H-pyrrole nitrogens is 1. The number of aryl methyl sites for hydroxylation is 1. The van der Waals surface area contributed by atoms with E-state index in [-0.39, 0.29) is 0 Å². The minimum Gasteiger partial charge on any atom is -0.357 e. The molecule has 0 aliphatic heterocycles. The summed E-state index contributed by atoms with van der Waals surface area (Å²) in [6.45, 7) is 15.1. The fraction of sp³-hybridized carbons (Fsp3) is 0.556. The monoisotopic (exact) mass is 278 g/mol. The van der Waals surface area contributed by atoms with E-state index >= 15 is 0 Å². The summed E-state index contributed by atoms with van der Waals surface area (Å²) >= 11 is 0. The summed E-state index contributed by atoms with van der Waals surface area (Å²) in [6, 6.07) is 8.48. The van der Waals surface area contributed by atoms with Crippen LogP contribution in [0.3, 0.4) is 0 Å². The van der Waals surface area contributed by atoms with E-state index in [1.807, 2.05) is 48.6 Å². The van der Waals surface area contributed by atoms with E-state index in [9.17, 15) is 0 Å². The van der Waals surface area contributed by atoms with Crippen LogP contribution in [0, 0.1) is 0 Å². The molecule has 0 bridgehead atoms. The number of aromatic nitrogens is 1. The molecule has 0 aliphatic rings. The second kappa shape index (κ2) is 14.1. The topological polar surface area (TPSA) is 27.8 Å². The van der Waals surface area contributed by atoms with Crippen molar-refractivity contribution in [1.29, 1.82) is 0 Å². The first-order chi connectivity index (χ1) is 9.86. The van der Waals surface area contributed by atoms with Crippen LogP contribution in [0.1, 0.15) is 59.7 Å². The SMILES string of the molecule is CC.CC.CC.CCc1c(CNC)[nH]c2ccccc12. The lowest BCUT2D eigenvalue weighted by atomic mass is 10.1. The first-order valence-electron chi connectivity index (χ1n) is 8.10. The van der Waals surface area contributed by atoms with Crippen molar-refractivity contribution in [2.75, 3.05) is 7.05 Å². The van der Waals surface area contributed by atoms with Gasteiger partial charge in [0, 0.05) is 23.1 Å². The van der Waals surface area contributed by atoms with Crippen molar-refractivity contribution in [1.82, 2.24) is 10.3 Å². The van der Waals surface area contributed by atoms with E-state index in [1.54, 1.807) is 0 Å². The summed E-state index contributed by atoms with van der Waals surface area (Å²) in [5.41, 5.74) is 4.00. The third kappa shape index (κ3) is 5.79. The van der Waals surface area contributed by atoms with Gasteiger partial charge in [0.1, 0.15) is 0 Å². The van der Waals surface area contributed by atoms with Crippen LogP contribution in [0.5, 0.6) is 0 Å². The molecule has 1 aromatic carbocycles. The minimum absolute atomic E-state index is 0.915. The molecule has 116 valence electrons. The molecule has 0 unspecified atom stereocenters. The molecule has 0 spiro atoms. The fourth-order valence-corrected chi connectivity index (χ4v) is 1.99. The Morgan fingerprint density at radius 2 is 1.50 bits per heavy atom. The van der Waals surface area contributed by atoms with Gasteiger partial charge in [-0.05, 0) is 25.1 Å². The Morgan fingerprint density at radius 1 is 0.950 bits per heavy atom. The zero-order chi connectivity index (χ0) is 16.0. The molecule has 20 heavy (non-hydrogen) atoms. The average Bonchev–Trinajstić information content (AvgIpc) is 2.91. The molecular formula is C18H34N2. The second-order valence-corrected chi connectivity index (χ2v) is 3.51. The number of nitrogens with one attached hydrogen (secondary N) is 2. The molecule has 2 nitrogen and oxygen atoms in total. The molecule has 0 radical (unpaired) electrons. The van der Waals surface area contributed by atoms with E-state index in [0.717, 1.165) is 13.0 Å². The predicted octanol–water partition coefficient (Wildman–Crippen LogP) is 5.53. The van der Waals surface area contributed by atoms with Crippen molar-refractivity contribution in [3.63, 3.8) is 0 Å². The first kappa shape index (κ1) is 21.0. The molecule has 2 aromatic rings. The summed E-state index contributed by atoms with van der Waals surface area (Å²) in [5.74, 6) is 0. The van der Waals surface area contributed by atoms with Gasteiger partial charge in [-0.1, -0.05) is 66.7 Å². The maximum Gasteiger partial charge on any atom is 0.0459 e. The molecule has 0 fully saturated rings. The van der Waals surface area contributed by atoms with Gasteiger partial charge in [-0.2, -0.15) is 0 Å². The van der Waals surface area contributed by atoms with Gasteiger partial charge in [0.2, 0.25) is 0 Å². The number of aromatic amines is 1. The number of para-hydroxylation sites is 1. The van der Waals surface area contributed by atoms with Crippen LogP contribution >= 0.6 is 0 Å². The Hall–Kier alpha value is -1.28. The van der Waals surface area contributed by atoms with Gasteiger partial charge in [-0.25, -0.2) is 0 Å². The molecule has 1 heterocycles. The lowest BCUT2D eigenvalue weighted by Crippen LogP contribution is -2.07. The zero-order valence-corrected chi connectivity index (χ0v) is 14.7. The van der Waals surface area contributed by atoms with Crippen LogP contribution in [-0.4, -0.2) is 12.0 Å². The summed E-state index contributed by atoms with van der Waals surface area (Å²) in [6.07, 6.45) is 1.08. The standard InChI is InChI=1S/C12H16N2.3C2H6/c1-3-9-10-6-4-5-7-11(10)14-12(9)8-13-2;3*1-2/h4-7,13-14H,3,8H2,1-2H3;3*1-2H3. The van der Waals surface area contributed by atoms with E-state index in [4.69, 9.17) is 0 Å². The van der Waals surface area contributed by atoms with Crippen molar-refractivity contribution in [3.05, 3.63) is 35.5 Å². The quantitative estimate of drug-likeness (QED) is 0.759. The first-order valence-corrected chi connectivity index (χ1v) is 8.10. The van der Waals surface area contributed by atoms with Crippen LogP contribution in [-0.2, 0) is 13.0 Å². The smallest absolute Gasteiger partial charge is 0.0459 e. The predicted molar refractivity (Wildman–Crippen MR) is 94.5 cm³/mol. The van der Waals surface area contributed by atoms with Gasteiger partial charge in [0.25, 0.3) is 0 Å². The van der Waals surface area contributed by atoms with Crippen molar-refractivity contribution < 1.29 is 0 Å². The van der Waals surface area contributed by atoms with Crippen molar-refractivity contribution in [2.24, 2.45) is 0 Å². The summed E-state index contributed by atoms with van der Waals surface area (Å²) in [7, 11) is 1.98. The van der Waals surface area contributed by atoms with Gasteiger partial charge >= 0.3 is 0 Å². The number of hydrogen-bond acceptors (Lipinski definition) is 1. The Kier molecular flexibility index (Phi) is 14.9. The molecule has 0 saturated heterocycles. The molecule has 2 N–H and O–H groups in total. The molecule has 2 heteroatoms. The highest BCUT2D eigenvalue weighted by molar-refractivity contribution is 5.84. The molecule has 1 aromatic heterocycles. The number of rotatable bonds is 3. The highest BCUT2D eigenvalue weighted by Gasteiger charge is 2.07. The third-order valence-electron chi connectivity index (χ3n) is 2.61. The number of fused-ring (bicyclic) bond motifs is 1. The lowest BCUT2D eigenvalue weighted by Gasteiger charge is -1.99. The highest BCUT2D eigenvalue weighted by Crippen LogP contribution is 2.22. The van der Waals surface area contributed by atoms with Crippen LogP contribution in [0.4, 0.5) is 0 Å². The normalized spacial score (nSPS) is 8.60. The van der Waals surface area contributed by atoms with Gasteiger partial charge in [-0.15, -0.1) is 0 Å². The van der Waals surface area contributed by atoms with Crippen LogP contribution in [0.15, 0.2) is 24.3 Å². The van der Waals surface area contributed by atoms with Gasteiger partial charge in [-0.3, -0.25) is 0 Å². The average molecular weight is 278 g/mol. The van der Waals surface area contributed by atoms with Gasteiger partial charge in [0.05, 0.1) is 0 Å². The highest BCUT2D eigenvalue weighted by atomic mass is 14.9. The van der Waals surface area contributed by atoms with Gasteiger partial charge < -0.3 is 10.3 Å². The van der Waals surface area contributed by atoms with Crippen LogP contribution in [0.2, 0.25) is 0 Å². The third-order valence-corrected chi connectivity index (χ3v) is 2.61. The fourth-order valence-electron chi connectivity index (χ4n) is 1.99. The molecule has 0 aliphatic carbocycles. The molecular weight excluding hydrogens is 244 g/mol. The Labute approximate surface area is 126 Å². The van der Waals surface area contributed by atoms with Crippen LogP contribution < -0.4 is 5.32 Å². The van der Waals surface area contributed by atoms with E-state index < -0.39 is 0 Å². The Bertz CT molecular complexity index is 430. The largest absolute Gasteiger partial charge is 0.357 e. The summed E-state index contributed by atoms with van der Waals surface area (Å²) < 4.78 is 0. The molecule has 0 saturated carbocycles. The molecule has 0 atom stereocenters. The van der Waals surface area contributed by atoms with E-state index in [2.05, 4.69) is 41.5 Å². The molecule has 2 rings (SSSR count). The second-order valence-electron chi connectivity index (χ2n) is 3.51. The molecule has 0 amide bonds.